The van der Waals surface area contributed by atoms with Gasteiger partial charge in [-0.05, 0) is 18.9 Å². The van der Waals surface area contributed by atoms with Crippen molar-refractivity contribution in [2.24, 2.45) is 0 Å². The summed E-state index contributed by atoms with van der Waals surface area (Å²) in [6, 6.07) is 3.70. The molecule has 3 rings (SSSR count). The molecule has 2 aromatic heterocycles. The van der Waals surface area contributed by atoms with E-state index >= 15 is 0 Å². The molecule has 0 saturated heterocycles. The van der Waals surface area contributed by atoms with Crippen LogP contribution in [0.25, 0.3) is 11.3 Å². The first-order valence-electron chi connectivity index (χ1n) is 6.54. The van der Waals surface area contributed by atoms with E-state index in [0.717, 1.165) is 29.9 Å². The molecule has 1 aliphatic rings. The minimum absolute atomic E-state index is 0.453. The van der Waals surface area contributed by atoms with Crippen molar-refractivity contribution >= 4 is 5.82 Å². The fourth-order valence-electron chi connectivity index (χ4n) is 2.25. The first-order valence-corrected chi connectivity index (χ1v) is 6.54. The number of nitrogens with zero attached hydrogens (tertiary/aromatic N) is 3. The fraction of sp³-hybridized carbons (Fsp3) is 0.333. The van der Waals surface area contributed by atoms with Crippen LogP contribution in [-0.4, -0.2) is 21.6 Å². The average molecular weight is 268 g/mol. The van der Waals surface area contributed by atoms with Crippen molar-refractivity contribution in [3.8, 4) is 29.5 Å². The molecule has 0 spiro atoms. The van der Waals surface area contributed by atoms with Crippen LogP contribution in [0.15, 0.2) is 18.3 Å². The topological polar surface area (TPSA) is 66.0 Å². The van der Waals surface area contributed by atoms with Crippen LogP contribution in [-0.2, 0) is 6.54 Å². The molecule has 2 heterocycles. The molecule has 2 aromatic rings. The molecule has 0 amide bonds. The molecule has 0 bridgehead atoms. The predicted molar refractivity (Wildman–Crippen MR) is 77.2 cm³/mol. The smallest absolute Gasteiger partial charge is 0.212 e. The largest absolute Gasteiger partial charge is 0.481 e. The summed E-state index contributed by atoms with van der Waals surface area (Å²) in [5.74, 6) is 5.30. The maximum absolute atomic E-state index is 6.20. The van der Waals surface area contributed by atoms with Gasteiger partial charge in [0.15, 0.2) is 0 Å². The lowest BCUT2D eigenvalue weighted by atomic mass is 10.2. The molecule has 0 unspecified atom stereocenters. The predicted octanol–water partition coefficient (Wildman–Crippen LogP) is 2.05. The van der Waals surface area contributed by atoms with Gasteiger partial charge in [-0.1, -0.05) is 5.92 Å². The van der Waals surface area contributed by atoms with E-state index in [1.807, 2.05) is 10.6 Å². The Morgan fingerprint density at radius 2 is 2.30 bits per heavy atom. The van der Waals surface area contributed by atoms with Crippen molar-refractivity contribution in [1.82, 2.24) is 14.5 Å². The molecular formula is C15H16N4O. The number of rotatable bonds is 4. The summed E-state index contributed by atoms with van der Waals surface area (Å²) in [6.07, 6.45) is 9.45. The second-order valence-electron chi connectivity index (χ2n) is 4.86. The molecule has 20 heavy (non-hydrogen) atoms. The van der Waals surface area contributed by atoms with Gasteiger partial charge in [-0.3, -0.25) is 0 Å². The van der Waals surface area contributed by atoms with Crippen LogP contribution in [0.4, 0.5) is 5.82 Å². The van der Waals surface area contributed by atoms with Crippen LogP contribution in [0.3, 0.4) is 0 Å². The molecule has 1 saturated carbocycles. The number of ether oxygens (including phenoxy) is 1. The zero-order valence-electron chi connectivity index (χ0n) is 11.3. The number of terminal acetylenes is 1. The molecule has 0 atom stereocenters. The SMILES string of the molecule is C#CCn1c(C2CC2)nc(-c2ccc(OC)nc2)c1N. The zero-order valence-corrected chi connectivity index (χ0v) is 11.3. The number of anilines is 1. The molecule has 0 aromatic carbocycles. The highest BCUT2D eigenvalue weighted by Crippen LogP contribution is 2.42. The van der Waals surface area contributed by atoms with E-state index in [1.165, 1.54) is 0 Å². The van der Waals surface area contributed by atoms with Gasteiger partial charge in [-0.2, -0.15) is 0 Å². The van der Waals surface area contributed by atoms with Crippen LogP contribution in [0, 0.1) is 12.3 Å². The molecule has 102 valence electrons. The molecule has 0 aliphatic heterocycles. The van der Waals surface area contributed by atoms with E-state index in [-0.39, 0.29) is 0 Å². The highest BCUT2D eigenvalue weighted by molar-refractivity contribution is 5.71. The lowest BCUT2D eigenvalue weighted by Crippen LogP contribution is -2.05. The first-order chi connectivity index (χ1) is 9.74. The van der Waals surface area contributed by atoms with Gasteiger partial charge >= 0.3 is 0 Å². The normalized spacial score (nSPS) is 14.0. The minimum atomic E-state index is 0.453. The summed E-state index contributed by atoms with van der Waals surface area (Å²) in [5.41, 5.74) is 7.83. The van der Waals surface area contributed by atoms with Gasteiger partial charge < -0.3 is 15.0 Å². The van der Waals surface area contributed by atoms with Crippen LogP contribution >= 0.6 is 0 Å². The first kappa shape index (κ1) is 12.5. The monoisotopic (exact) mass is 268 g/mol. The number of nitrogens with two attached hydrogens (primary N) is 1. The van der Waals surface area contributed by atoms with E-state index in [1.54, 1.807) is 19.4 Å². The van der Waals surface area contributed by atoms with Crippen LogP contribution < -0.4 is 10.5 Å². The van der Waals surface area contributed by atoms with Gasteiger partial charge in [-0.25, -0.2) is 9.97 Å². The Morgan fingerprint density at radius 1 is 1.50 bits per heavy atom. The molecule has 5 heteroatoms. The second-order valence-corrected chi connectivity index (χ2v) is 4.86. The molecule has 1 aliphatic carbocycles. The lowest BCUT2D eigenvalue weighted by molar-refractivity contribution is 0.398. The highest BCUT2D eigenvalue weighted by atomic mass is 16.5. The maximum Gasteiger partial charge on any atom is 0.212 e. The summed E-state index contributed by atoms with van der Waals surface area (Å²) in [5, 5.41) is 0. The highest BCUT2D eigenvalue weighted by Gasteiger charge is 2.30. The Bertz CT molecular complexity index is 662. The summed E-state index contributed by atoms with van der Waals surface area (Å²) in [4.78, 5) is 8.87. The fourth-order valence-corrected chi connectivity index (χ4v) is 2.25. The zero-order chi connectivity index (χ0) is 14.1. The van der Waals surface area contributed by atoms with Gasteiger partial charge in [-0.15, -0.1) is 6.42 Å². The van der Waals surface area contributed by atoms with Gasteiger partial charge in [0, 0.05) is 23.7 Å². The third-order valence-electron chi connectivity index (χ3n) is 3.45. The molecule has 1 fully saturated rings. The Balaban J connectivity index is 2.04. The second kappa shape index (κ2) is 4.89. The van der Waals surface area contributed by atoms with Crippen LogP contribution in [0.2, 0.25) is 0 Å². The number of methoxy groups -OCH3 is 1. The number of imidazole rings is 1. The number of nitrogen functional groups attached to an aromatic ring is 1. The van der Waals surface area contributed by atoms with Crippen molar-refractivity contribution < 1.29 is 4.74 Å². The van der Waals surface area contributed by atoms with E-state index in [0.29, 0.717) is 24.2 Å². The van der Waals surface area contributed by atoms with Crippen molar-refractivity contribution in [2.45, 2.75) is 25.3 Å². The number of pyridine rings is 1. The van der Waals surface area contributed by atoms with E-state index in [4.69, 9.17) is 16.9 Å². The van der Waals surface area contributed by atoms with Gasteiger partial charge in [0.2, 0.25) is 5.88 Å². The standard InChI is InChI=1S/C15H16N4O/c1-3-8-19-14(16)13(18-15(19)10-4-5-10)11-6-7-12(20-2)17-9-11/h1,6-7,9-10H,4-5,8,16H2,2H3. The lowest BCUT2D eigenvalue weighted by Gasteiger charge is -2.05. The average Bonchev–Trinajstić information content (AvgIpc) is 3.27. The number of hydrogen-bond acceptors (Lipinski definition) is 4. The summed E-state index contributed by atoms with van der Waals surface area (Å²) in [7, 11) is 1.59. The van der Waals surface area contributed by atoms with E-state index < -0.39 is 0 Å². The van der Waals surface area contributed by atoms with E-state index in [9.17, 15) is 0 Å². The Labute approximate surface area is 117 Å². The third kappa shape index (κ3) is 2.10. The molecular weight excluding hydrogens is 252 g/mol. The summed E-state index contributed by atoms with van der Waals surface area (Å²) < 4.78 is 6.98. The Kier molecular flexibility index (Phi) is 3.07. The third-order valence-corrected chi connectivity index (χ3v) is 3.45. The Morgan fingerprint density at radius 3 is 2.85 bits per heavy atom. The van der Waals surface area contributed by atoms with Gasteiger partial charge in [0.25, 0.3) is 0 Å². The summed E-state index contributed by atoms with van der Waals surface area (Å²) in [6.45, 7) is 0.453. The maximum atomic E-state index is 6.20. The van der Waals surface area contributed by atoms with Crippen LogP contribution in [0.5, 0.6) is 5.88 Å². The Hall–Kier alpha value is -2.48. The molecule has 5 nitrogen and oxygen atoms in total. The van der Waals surface area contributed by atoms with Gasteiger partial charge in [0.1, 0.15) is 17.3 Å². The van der Waals surface area contributed by atoms with Crippen molar-refractivity contribution in [2.75, 3.05) is 12.8 Å². The van der Waals surface area contributed by atoms with Gasteiger partial charge in [0.05, 0.1) is 13.7 Å². The molecule has 0 radical (unpaired) electrons. The van der Waals surface area contributed by atoms with Crippen molar-refractivity contribution in [3.63, 3.8) is 0 Å². The number of aromatic nitrogens is 3. The number of hydrogen-bond donors (Lipinski definition) is 1. The minimum Gasteiger partial charge on any atom is -0.481 e. The summed E-state index contributed by atoms with van der Waals surface area (Å²) >= 11 is 0. The van der Waals surface area contributed by atoms with E-state index in [2.05, 4.69) is 15.9 Å². The molecule has 2 N–H and O–H groups in total. The van der Waals surface area contributed by atoms with Crippen LogP contribution in [0.1, 0.15) is 24.6 Å². The quantitative estimate of drug-likeness (QED) is 0.862. The van der Waals surface area contributed by atoms with Crippen molar-refractivity contribution in [3.05, 3.63) is 24.2 Å². The van der Waals surface area contributed by atoms with Crippen molar-refractivity contribution in [1.29, 1.82) is 0 Å².